The summed E-state index contributed by atoms with van der Waals surface area (Å²) >= 11 is 1.95. The number of carbonyl (C=O) groups excluding carboxylic acids is 1. The first-order chi connectivity index (χ1) is 8.74. The molecule has 0 bridgehead atoms. The van der Waals surface area contributed by atoms with Gasteiger partial charge in [0.05, 0.1) is 0 Å². The number of thioether (sulfide) groups is 1. The summed E-state index contributed by atoms with van der Waals surface area (Å²) in [5.74, 6) is 1.18. The van der Waals surface area contributed by atoms with Gasteiger partial charge in [-0.3, -0.25) is 4.79 Å². The maximum atomic E-state index is 11.6. The Morgan fingerprint density at radius 2 is 2.44 bits per heavy atom. The van der Waals surface area contributed by atoms with Crippen LogP contribution >= 0.6 is 11.8 Å². The van der Waals surface area contributed by atoms with Gasteiger partial charge in [0.25, 0.3) is 0 Å². The molecule has 1 unspecified atom stereocenters. The number of hydrogen-bond donors (Lipinski definition) is 2. The number of nitrogen functional groups attached to an aromatic ring is 1. The lowest BCUT2D eigenvalue weighted by Crippen LogP contribution is -2.28. The molecule has 96 valence electrons. The fourth-order valence-corrected chi connectivity index (χ4v) is 3.11. The van der Waals surface area contributed by atoms with Gasteiger partial charge < -0.3 is 11.1 Å². The minimum absolute atomic E-state index is 0.0371. The van der Waals surface area contributed by atoms with Crippen molar-refractivity contribution >= 4 is 29.4 Å². The summed E-state index contributed by atoms with van der Waals surface area (Å²) in [6.45, 7) is 0.769. The SMILES string of the molecule is Nc1cccc(/C=C/C(=O)NCC2CCCS2)c1. The summed E-state index contributed by atoms with van der Waals surface area (Å²) in [5, 5.41) is 3.52. The average Bonchev–Trinajstić information content (AvgIpc) is 2.87. The smallest absolute Gasteiger partial charge is 0.244 e. The normalized spacial score (nSPS) is 19.2. The maximum Gasteiger partial charge on any atom is 0.244 e. The Morgan fingerprint density at radius 1 is 1.56 bits per heavy atom. The molecule has 1 fully saturated rings. The van der Waals surface area contributed by atoms with Gasteiger partial charge in [0.1, 0.15) is 0 Å². The summed E-state index contributed by atoms with van der Waals surface area (Å²) in [6, 6.07) is 7.47. The van der Waals surface area contributed by atoms with Crippen molar-refractivity contribution in [3.05, 3.63) is 35.9 Å². The zero-order chi connectivity index (χ0) is 12.8. The molecule has 1 heterocycles. The van der Waals surface area contributed by atoms with Crippen LogP contribution in [0.2, 0.25) is 0 Å². The van der Waals surface area contributed by atoms with E-state index in [9.17, 15) is 4.79 Å². The number of nitrogens with one attached hydrogen (secondary N) is 1. The Bertz CT molecular complexity index is 439. The average molecular weight is 262 g/mol. The second-order valence-electron chi connectivity index (χ2n) is 4.38. The Labute approximate surface area is 112 Å². The lowest BCUT2D eigenvalue weighted by Gasteiger charge is -2.07. The molecule has 1 aliphatic rings. The highest BCUT2D eigenvalue weighted by atomic mass is 32.2. The lowest BCUT2D eigenvalue weighted by molar-refractivity contribution is -0.116. The second-order valence-corrected chi connectivity index (χ2v) is 5.79. The third-order valence-corrected chi connectivity index (χ3v) is 4.26. The number of amides is 1. The molecule has 0 saturated carbocycles. The van der Waals surface area contributed by atoms with Gasteiger partial charge in [0, 0.05) is 23.6 Å². The quantitative estimate of drug-likeness (QED) is 0.646. The third kappa shape index (κ3) is 4.11. The van der Waals surface area contributed by atoms with Gasteiger partial charge in [-0.15, -0.1) is 0 Å². The van der Waals surface area contributed by atoms with Crippen molar-refractivity contribution in [3.63, 3.8) is 0 Å². The fourth-order valence-electron chi connectivity index (χ4n) is 1.91. The summed E-state index contributed by atoms with van der Waals surface area (Å²) in [5.41, 5.74) is 7.32. The molecule has 3 N–H and O–H groups in total. The van der Waals surface area contributed by atoms with Crippen molar-refractivity contribution in [2.75, 3.05) is 18.0 Å². The van der Waals surface area contributed by atoms with E-state index in [0.29, 0.717) is 10.9 Å². The number of carbonyl (C=O) groups is 1. The minimum atomic E-state index is -0.0371. The Morgan fingerprint density at radius 3 is 3.17 bits per heavy atom. The Kier molecular flexibility index (Phi) is 4.70. The third-order valence-electron chi connectivity index (χ3n) is 2.87. The van der Waals surface area contributed by atoms with Gasteiger partial charge in [-0.25, -0.2) is 0 Å². The molecule has 1 aliphatic heterocycles. The molecule has 1 saturated heterocycles. The van der Waals surface area contributed by atoms with Crippen LogP contribution in [-0.2, 0) is 4.79 Å². The maximum absolute atomic E-state index is 11.6. The number of hydrogen-bond acceptors (Lipinski definition) is 3. The van der Waals surface area contributed by atoms with Crippen molar-refractivity contribution in [1.29, 1.82) is 0 Å². The van der Waals surface area contributed by atoms with Crippen LogP contribution in [0.25, 0.3) is 6.08 Å². The van der Waals surface area contributed by atoms with Gasteiger partial charge in [-0.1, -0.05) is 12.1 Å². The standard InChI is InChI=1S/C14H18N2OS/c15-12-4-1-3-11(9-12)6-7-14(17)16-10-13-5-2-8-18-13/h1,3-4,6-7,9,13H,2,5,8,10,15H2,(H,16,17)/b7-6+. The van der Waals surface area contributed by atoms with E-state index in [4.69, 9.17) is 5.73 Å². The van der Waals surface area contributed by atoms with Crippen LogP contribution in [0.5, 0.6) is 0 Å². The summed E-state index contributed by atoms with van der Waals surface area (Å²) in [4.78, 5) is 11.6. The van der Waals surface area contributed by atoms with Crippen LogP contribution in [0, 0.1) is 0 Å². The van der Waals surface area contributed by atoms with Crippen molar-refractivity contribution in [3.8, 4) is 0 Å². The van der Waals surface area contributed by atoms with Crippen LogP contribution < -0.4 is 11.1 Å². The molecule has 0 aliphatic carbocycles. The van der Waals surface area contributed by atoms with E-state index in [2.05, 4.69) is 5.32 Å². The molecule has 0 radical (unpaired) electrons. The number of nitrogens with two attached hydrogens (primary N) is 1. The predicted molar refractivity (Wildman–Crippen MR) is 78.4 cm³/mol. The first kappa shape index (κ1) is 13.0. The van der Waals surface area contributed by atoms with Crippen molar-refractivity contribution in [2.45, 2.75) is 18.1 Å². The summed E-state index contributed by atoms with van der Waals surface area (Å²) < 4.78 is 0. The molecular weight excluding hydrogens is 244 g/mol. The minimum Gasteiger partial charge on any atom is -0.399 e. The zero-order valence-electron chi connectivity index (χ0n) is 10.3. The second kappa shape index (κ2) is 6.50. The molecule has 0 spiro atoms. The number of benzene rings is 1. The molecule has 3 nitrogen and oxygen atoms in total. The highest BCUT2D eigenvalue weighted by Crippen LogP contribution is 2.25. The lowest BCUT2D eigenvalue weighted by atomic mass is 10.2. The molecule has 4 heteroatoms. The first-order valence-corrected chi connectivity index (χ1v) is 7.22. The van der Waals surface area contributed by atoms with E-state index in [0.717, 1.165) is 12.1 Å². The summed E-state index contributed by atoms with van der Waals surface area (Å²) in [7, 11) is 0. The topological polar surface area (TPSA) is 55.1 Å². The van der Waals surface area contributed by atoms with Crippen LogP contribution in [-0.4, -0.2) is 23.5 Å². The van der Waals surface area contributed by atoms with E-state index in [1.54, 1.807) is 12.2 Å². The van der Waals surface area contributed by atoms with Gasteiger partial charge in [-0.2, -0.15) is 11.8 Å². The zero-order valence-corrected chi connectivity index (χ0v) is 11.1. The monoisotopic (exact) mass is 262 g/mol. The molecule has 1 aromatic rings. The Balaban J connectivity index is 1.79. The van der Waals surface area contributed by atoms with E-state index in [-0.39, 0.29) is 5.91 Å². The van der Waals surface area contributed by atoms with Gasteiger partial charge in [-0.05, 0) is 42.4 Å². The first-order valence-electron chi connectivity index (χ1n) is 6.17. The van der Waals surface area contributed by atoms with E-state index in [1.165, 1.54) is 18.6 Å². The molecule has 18 heavy (non-hydrogen) atoms. The molecule has 2 rings (SSSR count). The van der Waals surface area contributed by atoms with Crippen molar-refractivity contribution < 1.29 is 4.79 Å². The number of rotatable bonds is 4. The van der Waals surface area contributed by atoms with Gasteiger partial charge in [0.15, 0.2) is 0 Å². The van der Waals surface area contributed by atoms with Crippen molar-refractivity contribution in [2.24, 2.45) is 0 Å². The highest BCUT2D eigenvalue weighted by molar-refractivity contribution is 8.00. The van der Waals surface area contributed by atoms with E-state index < -0.39 is 0 Å². The van der Waals surface area contributed by atoms with Crippen LogP contribution in [0.1, 0.15) is 18.4 Å². The summed E-state index contributed by atoms with van der Waals surface area (Å²) in [6.07, 6.45) is 5.83. The van der Waals surface area contributed by atoms with Crippen LogP contribution in [0.15, 0.2) is 30.3 Å². The number of anilines is 1. The van der Waals surface area contributed by atoms with Crippen LogP contribution in [0.3, 0.4) is 0 Å². The molecule has 1 amide bonds. The fraction of sp³-hybridized carbons (Fsp3) is 0.357. The molecular formula is C14H18N2OS. The molecule has 1 atom stereocenters. The van der Waals surface area contributed by atoms with Gasteiger partial charge in [0.2, 0.25) is 5.91 Å². The van der Waals surface area contributed by atoms with Crippen LogP contribution in [0.4, 0.5) is 5.69 Å². The van der Waals surface area contributed by atoms with E-state index in [1.807, 2.05) is 36.0 Å². The predicted octanol–water partition coefficient (Wildman–Crippen LogP) is 2.29. The molecule has 1 aromatic carbocycles. The Hall–Kier alpha value is -1.42. The molecule has 0 aromatic heterocycles. The van der Waals surface area contributed by atoms with Gasteiger partial charge >= 0.3 is 0 Å². The van der Waals surface area contributed by atoms with E-state index >= 15 is 0 Å². The highest BCUT2D eigenvalue weighted by Gasteiger charge is 2.15. The van der Waals surface area contributed by atoms with Crippen molar-refractivity contribution in [1.82, 2.24) is 5.32 Å². The largest absolute Gasteiger partial charge is 0.399 e.